The normalized spacial score (nSPS) is 9.75. The molecule has 0 fully saturated rings. The number of amides is 1. The van der Waals surface area contributed by atoms with Crippen LogP contribution in [-0.2, 0) is 9.53 Å². The van der Waals surface area contributed by atoms with Gasteiger partial charge in [0.15, 0.2) is 0 Å². The molecule has 0 aliphatic rings. The Hall–Kier alpha value is -1.54. The Morgan fingerprint density at radius 1 is 1.50 bits per heavy atom. The van der Waals surface area contributed by atoms with E-state index in [0.717, 1.165) is 0 Å². The molecule has 0 saturated heterocycles. The first-order valence-corrected chi connectivity index (χ1v) is 6.82. The lowest BCUT2D eigenvalue weighted by Gasteiger charge is -2.08. The number of aliphatic hydroxyl groups is 1. The van der Waals surface area contributed by atoms with Crippen molar-refractivity contribution in [2.75, 3.05) is 25.1 Å². The molecule has 20 heavy (non-hydrogen) atoms. The number of anilines is 1. The molecule has 5 heteroatoms. The maximum Gasteiger partial charge on any atom is 0.224 e. The van der Waals surface area contributed by atoms with Crippen molar-refractivity contribution in [3.8, 4) is 11.8 Å². The number of ether oxygens (including phenoxy) is 1. The first-order valence-electron chi connectivity index (χ1n) is 6.44. The van der Waals surface area contributed by atoms with E-state index in [2.05, 4.69) is 17.2 Å². The molecule has 0 unspecified atom stereocenters. The second kappa shape index (κ2) is 9.38. The van der Waals surface area contributed by atoms with Gasteiger partial charge in [0.1, 0.15) is 6.61 Å². The van der Waals surface area contributed by atoms with Gasteiger partial charge < -0.3 is 15.2 Å². The predicted octanol–water partition coefficient (Wildman–Crippen LogP) is 2.44. The minimum absolute atomic E-state index is 0.0981. The van der Waals surface area contributed by atoms with Gasteiger partial charge in [-0.15, -0.1) is 0 Å². The standard InChI is InChI=1S/C15H18ClNO3/c1-2-20-10-4-6-15(19)17-14-8-7-13(16)11-12(14)5-3-9-18/h7-8,11,18H,2,4,6,9-10H2,1H3,(H,17,19). The molecule has 0 aromatic heterocycles. The summed E-state index contributed by atoms with van der Waals surface area (Å²) in [7, 11) is 0. The van der Waals surface area contributed by atoms with Gasteiger partial charge >= 0.3 is 0 Å². The largest absolute Gasteiger partial charge is 0.384 e. The van der Waals surface area contributed by atoms with Gasteiger partial charge in [0.25, 0.3) is 0 Å². The lowest BCUT2D eigenvalue weighted by atomic mass is 10.1. The molecule has 0 bridgehead atoms. The molecule has 0 radical (unpaired) electrons. The van der Waals surface area contributed by atoms with Crippen molar-refractivity contribution < 1.29 is 14.6 Å². The third-order valence-electron chi connectivity index (χ3n) is 2.45. The van der Waals surface area contributed by atoms with Gasteiger partial charge in [-0.1, -0.05) is 23.4 Å². The molecule has 0 aliphatic heterocycles. The summed E-state index contributed by atoms with van der Waals surface area (Å²) in [6, 6.07) is 5.03. The number of hydrogen-bond acceptors (Lipinski definition) is 3. The number of nitrogens with one attached hydrogen (secondary N) is 1. The van der Waals surface area contributed by atoms with Crippen LogP contribution in [0.15, 0.2) is 18.2 Å². The zero-order valence-electron chi connectivity index (χ0n) is 11.4. The highest BCUT2D eigenvalue weighted by Crippen LogP contribution is 2.20. The van der Waals surface area contributed by atoms with Gasteiger partial charge in [0, 0.05) is 30.2 Å². The van der Waals surface area contributed by atoms with Gasteiger partial charge in [-0.3, -0.25) is 4.79 Å². The van der Waals surface area contributed by atoms with Gasteiger partial charge in [0.2, 0.25) is 5.91 Å². The van der Waals surface area contributed by atoms with Crippen molar-refractivity contribution >= 4 is 23.2 Å². The Morgan fingerprint density at radius 3 is 3.00 bits per heavy atom. The van der Waals surface area contributed by atoms with E-state index in [4.69, 9.17) is 21.4 Å². The predicted molar refractivity (Wildman–Crippen MR) is 79.8 cm³/mol. The highest BCUT2D eigenvalue weighted by atomic mass is 35.5. The fraction of sp³-hybridized carbons (Fsp3) is 0.400. The van der Waals surface area contributed by atoms with Gasteiger partial charge in [-0.05, 0) is 31.5 Å². The van der Waals surface area contributed by atoms with E-state index in [9.17, 15) is 4.79 Å². The fourth-order valence-corrected chi connectivity index (χ4v) is 1.73. The maximum atomic E-state index is 11.8. The summed E-state index contributed by atoms with van der Waals surface area (Å²) >= 11 is 5.89. The first kappa shape index (κ1) is 16.5. The van der Waals surface area contributed by atoms with Crippen LogP contribution in [0.1, 0.15) is 25.3 Å². The van der Waals surface area contributed by atoms with Crippen LogP contribution in [0.4, 0.5) is 5.69 Å². The molecule has 2 N–H and O–H groups in total. The summed E-state index contributed by atoms with van der Waals surface area (Å²) in [6.45, 7) is 2.90. The van der Waals surface area contributed by atoms with Crippen LogP contribution in [0.25, 0.3) is 0 Å². The highest BCUT2D eigenvalue weighted by molar-refractivity contribution is 6.30. The molecule has 1 rings (SSSR count). The summed E-state index contributed by atoms with van der Waals surface area (Å²) < 4.78 is 5.18. The second-order valence-corrected chi connectivity index (χ2v) is 4.43. The average molecular weight is 296 g/mol. The van der Waals surface area contributed by atoms with Crippen LogP contribution in [0.3, 0.4) is 0 Å². The van der Waals surface area contributed by atoms with E-state index in [1.165, 1.54) is 0 Å². The van der Waals surface area contributed by atoms with Crippen molar-refractivity contribution in [1.29, 1.82) is 0 Å². The summed E-state index contributed by atoms with van der Waals surface area (Å²) in [5, 5.41) is 12.0. The molecule has 0 saturated carbocycles. The first-order chi connectivity index (χ1) is 9.67. The van der Waals surface area contributed by atoms with Crippen LogP contribution in [-0.4, -0.2) is 30.8 Å². The number of rotatable bonds is 6. The van der Waals surface area contributed by atoms with Crippen LogP contribution in [0, 0.1) is 11.8 Å². The summed E-state index contributed by atoms with van der Waals surface area (Å²) in [6.07, 6.45) is 1.06. The molecule has 0 heterocycles. The molecule has 4 nitrogen and oxygen atoms in total. The topological polar surface area (TPSA) is 58.6 Å². The lowest BCUT2D eigenvalue weighted by molar-refractivity contribution is -0.116. The molecule has 0 atom stereocenters. The molecular weight excluding hydrogens is 278 g/mol. The molecule has 108 valence electrons. The Balaban J connectivity index is 2.64. The number of halogens is 1. The van der Waals surface area contributed by atoms with E-state index in [1.54, 1.807) is 18.2 Å². The minimum Gasteiger partial charge on any atom is -0.384 e. The van der Waals surface area contributed by atoms with Crippen molar-refractivity contribution in [2.24, 2.45) is 0 Å². The van der Waals surface area contributed by atoms with Crippen molar-refractivity contribution in [3.63, 3.8) is 0 Å². The Kier molecular flexibility index (Phi) is 7.74. The van der Waals surface area contributed by atoms with Gasteiger partial charge in [-0.25, -0.2) is 0 Å². The van der Waals surface area contributed by atoms with Crippen LogP contribution in [0.2, 0.25) is 5.02 Å². The molecule has 0 spiro atoms. The van der Waals surface area contributed by atoms with Gasteiger partial charge in [-0.2, -0.15) is 0 Å². The van der Waals surface area contributed by atoms with Crippen LogP contribution < -0.4 is 5.32 Å². The maximum absolute atomic E-state index is 11.8. The second-order valence-electron chi connectivity index (χ2n) is 4.00. The molecule has 1 aromatic rings. The summed E-state index contributed by atoms with van der Waals surface area (Å²) in [5.41, 5.74) is 1.18. The zero-order valence-corrected chi connectivity index (χ0v) is 12.2. The number of benzene rings is 1. The van der Waals surface area contributed by atoms with Gasteiger partial charge in [0.05, 0.1) is 5.69 Å². The minimum atomic E-state index is -0.242. The summed E-state index contributed by atoms with van der Waals surface area (Å²) in [5.74, 6) is 5.20. The lowest BCUT2D eigenvalue weighted by Crippen LogP contribution is -2.13. The molecule has 1 amide bonds. The van der Waals surface area contributed by atoms with E-state index in [0.29, 0.717) is 42.3 Å². The number of aliphatic hydroxyl groups excluding tert-OH is 1. The highest BCUT2D eigenvalue weighted by Gasteiger charge is 2.06. The molecule has 0 aliphatic carbocycles. The smallest absolute Gasteiger partial charge is 0.224 e. The molecular formula is C15H18ClNO3. The fourth-order valence-electron chi connectivity index (χ4n) is 1.56. The monoisotopic (exact) mass is 295 g/mol. The van der Waals surface area contributed by atoms with Crippen molar-refractivity contribution in [1.82, 2.24) is 0 Å². The van der Waals surface area contributed by atoms with E-state index in [-0.39, 0.29) is 12.5 Å². The SMILES string of the molecule is CCOCCCC(=O)Nc1ccc(Cl)cc1C#CCO. The summed E-state index contributed by atoms with van der Waals surface area (Å²) in [4.78, 5) is 11.8. The third-order valence-corrected chi connectivity index (χ3v) is 2.69. The number of carbonyl (C=O) groups is 1. The van der Waals surface area contributed by atoms with Crippen LogP contribution in [0.5, 0.6) is 0 Å². The van der Waals surface area contributed by atoms with E-state index >= 15 is 0 Å². The van der Waals surface area contributed by atoms with E-state index < -0.39 is 0 Å². The number of carbonyl (C=O) groups excluding carboxylic acids is 1. The third kappa shape index (κ3) is 6.07. The zero-order chi connectivity index (χ0) is 14.8. The van der Waals surface area contributed by atoms with Crippen molar-refractivity contribution in [3.05, 3.63) is 28.8 Å². The average Bonchev–Trinajstić information content (AvgIpc) is 2.44. The van der Waals surface area contributed by atoms with E-state index in [1.807, 2.05) is 6.92 Å². The Bertz CT molecular complexity index is 506. The van der Waals surface area contributed by atoms with Crippen LogP contribution >= 0.6 is 11.6 Å². The quantitative estimate of drug-likeness (QED) is 0.626. The number of hydrogen-bond donors (Lipinski definition) is 2. The van der Waals surface area contributed by atoms with Crippen molar-refractivity contribution in [2.45, 2.75) is 19.8 Å². The molecule has 1 aromatic carbocycles. The Morgan fingerprint density at radius 2 is 2.30 bits per heavy atom. The Labute approximate surface area is 124 Å².